The zero-order valence-corrected chi connectivity index (χ0v) is 11.2. The van der Waals surface area contributed by atoms with Gasteiger partial charge in [0, 0.05) is 25.0 Å². The lowest BCUT2D eigenvalue weighted by Crippen LogP contribution is -2.46. The maximum absolute atomic E-state index is 10.6. The number of aliphatic hydroxyl groups is 1. The summed E-state index contributed by atoms with van der Waals surface area (Å²) in [5.74, 6) is 0.803. The molecule has 1 fully saturated rings. The second-order valence-electron chi connectivity index (χ2n) is 4.86. The summed E-state index contributed by atoms with van der Waals surface area (Å²) in [6.07, 6.45) is 2.47. The lowest BCUT2D eigenvalue weighted by Gasteiger charge is -2.44. The second kappa shape index (κ2) is 5.72. The highest BCUT2D eigenvalue weighted by Crippen LogP contribution is 2.46. The Kier molecular flexibility index (Phi) is 4.25. The molecule has 0 spiro atoms. The average molecular weight is 250 g/mol. The van der Waals surface area contributed by atoms with Crippen LogP contribution in [0.25, 0.3) is 0 Å². The summed E-state index contributed by atoms with van der Waals surface area (Å²) in [4.78, 5) is 0. The molecule has 3 nitrogen and oxygen atoms in total. The van der Waals surface area contributed by atoms with Gasteiger partial charge in [-0.2, -0.15) is 0 Å². The highest BCUT2D eigenvalue weighted by atomic mass is 16.5. The minimum atomic E-state index is -0.774. The van der Waals surface area contributed by atoms with Gasteiger partial charge in [0.1, 0.15) is 5.75 Å². The first kappa shape index (κ1) is 13.4. The van der Waals surface area contributed by atoms with Crippen molar-refractivity contribution in [1.29, 1.82) is 0 Å². The molecule has 0 radical (unpaired) electrons. The number of rotatable bonds is 6. The van der Waals surface area contributed by atoms with Crippen molar-refractivity contribution in [2.45, 2.75) is 44.8 Å². The molecule has 2 rings (SSSR count). The number of ether oxygens (including phenoxy) is 2. The second-order valence-corrected chi connectivity index (χ2v) is 4.86. The Bertz CT molecular complexity index is 383. The summed E-state index contributed by atoms with van der Waals surface area (Å²) in [5, 5.41) is 10.6. The van der Waals surface area contributed by atoms with Gasteiger partial charge in [-0.1, -0.05) is 25.1 Å². The summed E-state index contributed by atoms with van der Waals surface area (Å²) in [5.41, 5.74) is 0.124. The van der Waals surface area contributed by atoms with Gasteiger partial charge in [0.15, 0.2) is 0 Å². The van der Waals surface area contributed by atoms with Crippen LogP contribution in [0.1, 0.15) is 38.7 Å². The summed E-state index contributed by atoms with van der Waals surface area (Å²) in [7, 11) is 0. The predicted molar refractivity (Wildman–Crippen MR) is 70.8 cm³/mol. The van der Waals surface area contributed by atoms with E-state index >= 15 is 0 Å². The van der Waals surface area contributed by atoms with E-state index in [2.05, 4.69) is 6.92 Å². The molecule has 3 heteroatoms. The van der Waals surface area contributed by atoms with Crippen molar-refractivity contribution in [3.63, 3.8) is 0 Å². The first-order valence-corrected chi connectivity index (χ1v) is 6.76. The van der Waals surface area contributed by atoms with Gasteiger partial charge in [-0.15, -0.1) is 0 Å². The van der Waals surface area contributed by atoms with Crippen LogP contribution in [-0.2, 0) is 10.3 Å². The van der Waals surface area contributed by atoms with Crippen molar-refractivity contribution < 1.29 is 14.6 Å². The van der Waals surface area contributed by atoms with Crippen LogP contribution >= 0.6 is 0 Å². The third-order valence-electron chi connectivity index (χ3n) is 3.38. The van der Waals surface area contributed by atoms with Crippen molar-refractivity contribution in [1.82, 2.24) is 0 Å². The smallest absolute Gasteiger partial charge is 0.125 e. The fraction of sp³-hybridized carbons (Fsp3) is 0.600. The lowest BCUT2D eigenvalue weighted by molar-refractivity contribution is -0.143. The lowest BCUT2D eigenvalue weighted by atomic mass is 9.72. The Hall–Kier alpha value is -1.06. The van der Waals surface area contributed by atoms with Gasteiger partial charge < -0.3 is 14.6 Å². The van der Waals surface area contributed by atoms with Crippen LogP contribution in [-0.4, -0.2) is 24.4 Å². The Labute approximate surface area is 109 Å². The predicted octanol–water partition coefficient (Wildman–Crippen LogP) is 2.86. The van der Waals surface area contributed by atoms with E-state index in [-0.39, 0.29) is 6.10 Å². The number of benzene rings is 1. The molecule has 0 saturated heterocycles. The Morgan fingerprint density at radius 1 is 1.28 bits per heavy atom. The molecule has 1 saturated carbocycles. The van der Waals surface area contributed by atoms with Crippen LogP contribution in [0.15, 0.2) is 24.3 Å². The minimum Gasteiger partial charge on any atom is -0.493 e. The standard InChI is InChI=1S/C15H22O3/c1-3-9-18-14-8-6-5-7-13(14)15(16)10-12(11-15)17-4-2/h5-8,12,16H,3-4,9-11H2,1-2H3. The number of para-hydroxylation sites is 1. The van der Waals surface area contributed by atoms with Crippen molar-refractivity contribution >= 4 is 0 Å². The molecule has 100 valence electrons. The summed E-state index contributed by atoms with van der Waals surface area (Å²) in [6.45, 7) is 5.44. The summed E-state index contributed by atoms with van der Waals surface area (Å²) >= 11 is 0. The molecule has 0 unspecified atom stereocenters. The van der Waals surface area contributed by atoms with Crippen LogP contribution in [0.5, 0.6) is 5.75 Å². The molecule has 1 aromatic carbocycles. The van der Waals surface area contributed by atoms with Crippen molar-refractivity contribution in [3.8, 4) is 5.75 Å². The summed E-state index contributed by atoms with van der Waals surface area (Å²) < 4.78 is 11.2. The van der Waals surface area contributed by atoms with Crippen molar-refractivity contribution in [2.24, 2.45) is 0 Å². The van der Waals surface area contributed by atoms with E-state index in [9.17, 15) is 5.11 Å². The maximum Gasteiger partial charge on any atom is 0.125 e. The first-order chi connectivity index (χ1) is 8.69. The van der Waals surface area contributed by atoms with E-state index in [1.54, 1.807) is 0 Å². The van der Waals surface area contributed by atoms with Crippen LogP contribution in [0.4, 0.5) is 0 Å². The molecule has 1 aliphatic carbocycles. The van der Waals surface area contributed by atoms with Gasteiger partial charge in [0.05, 0.1) is 18.3 Å². The van der Waals surface area contributed by atoms with E-state index in [4.69, 9.17) is 9.47 Å². The molecular weight excluding hydrogens is 228 g/mol. The zero-order valence-electron chi connectivity index (χ0n) is 11.2. The molecule has 1 aromatic rings. The van der Waals surface area contributed by atoms with Crippen LogP contribution in [0.3, 0.4) is 0 Å². The number of hydrogen-bond acceptors (Lipinski definition) is 3. The molecule has 0 aromatic heterocycles. The highest BCUT2D eigenvalue weighted by Gasteiger charge is 2.46. The van der Waals surface area contributed by atoms with Gasteiger partial charge in [0.2, 0.25) is 0 Å². The largest absolute Gasteiger partial charge is 0.493 e. The van der Waals surface area contributed by atoms with E-state index in [1.165, 1.54) is 0 Å². The fourth-order valence-electron chi connectivity index (χ4n) is 2.46. The molecule has 1 aliphatic rings. The third kappa shape index (κ3) is 2.68. The molecule has 0 heterocycles. The third-order valence-corrected chi connectivity index (χ3v) is 3.38. The van der Waals surface area contributed by atoms with Crippen molar-refractivity contribution in [2.75, 3.05) is 13.2 Å². The van der Waals surface area contributed by atoms with Crippen molar-refractivity contribution in [3.05, 3.63) is 29.8 Å². The average Bonchev–Trinajstić information content (AvgIpc) is 2.35. The molecular formula is C15H22O3. The van der Waals surface area contributed by atoms with Crippen LogP contribution in [0, 0.1) is 0 Å². The Balaban J connectivity index is 2.08. The molecule has 0 amide bonds. The van der Waals surface area contributed by atoms with Gasteiger partial charge >= 0.3 is 0 Å². The van der Waals surface area contributed by atoms with Gasteiger partial charge in [-0.25, -0.2) is 0 Å². The van der Waals surface area contributed by atoms with E-state index in [0.29, 0.717) is 26.1 Å². The molecule has 18 heavy (non-hydrogen) atoms. The van der Waals surface area contributed by atoms with E-state index < -0.39 is 5.60 Å². The van der Waals surface area contributed by atoms with E-state index in [0.717, 1.165) is 17.7 Å². The quantitative estimate of drug-likeness (QED) is 0.843. The molecule has 0 bridgehead atoms. The van der Waals surface area contributed by atoms with Crippen LogP contribution in [0.2, 0.25) is 0 Å². The van der Waals surface area contributed by atoms with E-state index in [1.807, 2.05) is 31.2 Å². The Morgan fingerprint density at radius 2 is 2.00 bits per heavy atom. The van der Waals surface area contributed by atoms with Gasteiger partial charge in [0.25, 0.3) is 0 Å². The summed E-state index contributed by atoms with van der Waals surface area (Å²) in [6, 6.07) is 7.76. The zero-order chi connectivity index (χ0) is 13.0. The van der Waals surface area contributed by atoms with Gasteiger partial charge in [-0.3, -0.25) is 0 Å². The number of hydrogen-bond donors (Lipinski definition) is 1. The Morgan fingerprint density at radius 3 is 2.67 bits per heavy atom. The SMILES string of the molecule is CCCOc1ccccc1C1(O)CC(OCC)C1. The fourth-order valence-corrected chi connectivity index (χ4v) is 2.46. The van der Waals surface area contributed by atoms with Crippen LogP contribution < -0.4 is 4.74 Å². The molecule has 0 aliphatic heterocycles. The minimum absolute atomic E-state index is 0.180. The van der Waals surface area contributed by atoms with Gasteiger partial charge in [-0.05, 0) is 19.4 Å². The topological polar surface area (TPSA) is 38.7 Å². The molecule has 1 N–H and O–H groups in total. The normalized spacial score (nSPS) is 26.7. The first-order valence-electron chi connectivity index (χ1n) is 6.76. The highest BCUT2D eigenvalue weighted by molar-refractivity contribution is 5.39. The monoisotopic (exact) mass is 250 g/mol. The maximum atomic E-state index is 10.6. The molecule has 0 atom stereocenters.